The van der Waals surface area contributed by atoms with Crippen molar-refractivity contribution < 1.29 is 38.1 Å². The standard InChI is InChI=1S/C25H44N4O8/c1-21(35-18-23(3)37-25(33)29-15-11-7-5-9-13-27-20-31)16-34-22(2)17-36-24(32)28-14-10-6-4-8-12-26-19-30/h21-23H,4-18H2,1-3H3,(H,28,32)(H,29,33). The number of amides is 2. The zero-order valence-corrected chi connectivity index (χ0v) is 22.5. The number of nitrogens with one attached hydrogen (secondary N) is 2. The van der Waals surface area contributed by atoms with E-state index in [1.807, 2.05) is 6.92 Å². The van der Waals surface area contributed by atoms with Gasteiger partial charge in [0.15, 0.2) is 0 Å². The summed E-state index contributed by atoms with van der Waals surface area (Å²) >= 11 is 0. The van der Waals surface area contributed by atoms with E-state index in [0.717, 1.165) is 51.4 Å². The molecule has 0 heterocycles. The largest absolute Gasteiger partial charge is 0.447 e. The summed E-state index contributed by atoms with van der Waals surface area (Å²) in [6, 6.07) is 0. The Hall–Kier alpha value is -2.78. The van der Waals surface area contributed by atoms with Gasteiger partial charge >= 0.3 is 12.2 Å². The number of hydrogen-bond acceptors (Lipinski definition) is 10. The molecule has 0 aliphatic heterocycles. The Kier molecular flexibility index (Phi) is 23.0. The Morgan fingerprint density at radius 1 is 0.649 bits per heavy atom. The van der Waals surface area contributed by atoms with Gasteiger partial charge in [-0.3, -0.25) is 0 Å². The summed E-state index contributed by atoms with van der Waals surface area (Å²) in [5.41, 5.74) is 0. The van der Waals surface area contributed by atoms with Crippen molar-refractivity contribution in [2.45, 2.75) is 90.4 Å². The van der Waals surface area contributed by atoms with Gasteiger partial charge in [-0.2, -0.15) is 0 Å². The molecule has 0 spiro atoms. The fourth-order valence-corrected chi connectivity index (χ4v) is 3.01. The molecule has 0 radical (unpaired) electrons. The molecule has 0 bridgehead atoms. The van der Waals surface area contributed by atoms with Crippen LogP contribution in [0.4, 0.5) is 9.59 Å². The van der Waals surface area contributed by atoms with Crippen molar-refractivity contribution in [3.63, 3.8) is 0 Å². The monoisotopic (exact) mass is 528 g/mol. The lowest BCUT2D eigenvalue weighted by atomic mass is 10.2. The molecular formula is C25H44N4O8. The lowest BCUT2D eigenvalue weighted by Crippen LogP contribution is -2.32. The summed E-state index contributed by atoms with van der Waals surface area (Å²) in [6.07, 6.45) is 8.15. The number of carbonyl (C=O) groups excluding carboxylic acids is 4. The summed E-state index contributed by atoms with van der Waals surface area (Å²) < 4.78 is 21.7. The van der Waals surface area contributed by atoms with Crippen LogP contribution in [0, 0.1) is 0 Å². The molecule has 0 aromatic carbocycles. The number of nitrogens with zero attached hydrogens (tertiary/aromatic N) is 2. The van der Waals surface area contributed by atoms with E-state index in [-0.39, 0.29) is 25.4 Å². The normalized spacial score (nSPS) is 12.8. The van der Waals surface area contributed by atoms with Crippen molar-refractivity contribution >= 4 is 24.3 Å². The average Bonchev–Trinajstić information content (AvgIpc) is 2.88. The van der Waals surface area contributed by atoms with Crippen LogP contribution in [0.2, 0.25) is 0 Å². The molecule has 37 heavy (non-hydrogen) atoms. The molecule has 3 unspecified atom stereocenters. The van der Waals surface area contributed by atoms with Gasteiger partial charge in [-0.15, -0.1) is 0 Å². The van der Waals surface area contributed by atoms with Crippen molar-refractivity contribution in [1.29, 1.82) is 0 Å². The molecule has 0 aliphatic rings. The molecule has 0 aromatic heterocycles. The molecule has 0 aromatic rings. The third-order valence-electron chi connectivity index (χ3n) is 5.05. The molecule has 0 saturated heterocycles. The van der Waals surface area contributed by atoms with Gasteiger partial charge in [0.2, 0.25) is 12.2 Å². The Morgan fingerprint density at radius 3 is 1.65 bits per heavy atom. The molecule has 0 fully saturated rings. The van der Waals surface area contributed by atoms with E-state index in [1.54, 1.807) is 13.8 Å². The molecule has 12 heteroatoms. The fourth-order valence-electron chi connectivity index (χ4n) is 3.01. The van der Waals surface area contributed by atoms with Gasteiger partial charge in [0, 0.05) is 13.1 Å². The van der Waals surface area contributed by atoms with Crippen LogP contribution in [0.15, 0.2) is 9.98 Å². The minimum Gasteiger partial charge on any atom is -0.447 e. The van der Waals surface area contributed by atoms with E-state index >= 15 is 0 Å². The summed E-state index contributed by atoms with van der Waals surface area (Å²) in [5.74, 6) is 0. The SMILES string of the molecule is CC(COC(=O)NCCCCCCN=C=O)OCC(C)OCC(C)OC(=O)NCCCCCCN=C=O. The van der Waals surface area contributed by atoms with Crippen LogP contribution >= 0.6 is 0 Å². The molecule has 0 saturated carbocycles. The molecule has 2 amide bonds. The fraction of sp³-hybridized carbons (Fsp3) is 0.840. The van der Waals surface area contributed by atoms with Gasteiger partial charge in [-0.05, 0) is 46.5 Å². The smallest absolute Gasteiger partial charge is 0.407 e. The minimum absolute atomic E-state index is 0.120. The average molecular weight is 529 g/mol. The van der Waals surface area contributed by atoms with Crippen LogP contribution in [-0.4, -0.2) is 88.7 Å². The molecule has 12 nitrogen and oxygen atoms in total. The number of unbranched alkanes of at least 4 members (excludes halogenated alkanes) is 6. The van der Waals surface area contributed by atoms with Crippen LogP contribution in [-0.2, 0) is 28.5 Å². The zero-order valence-electron chi connectivity index (χ0n) is 22.5. The van der Waals surface area contributed by atoms with Crippen molar-refractivity contribution in [3.05, 3.63) is 0 Å². The highest BCUT2D eigenvalue weighted by Crippen LogP contribution is 2.03. The van der Waals surface area contributed by atoms with Gasteiger partial charge in [0.1, 0.15) is 12.7 Å². The number of carbonyl (C=O) groups is 2. The Labute approximate surface area is 219 Å². The molecular weight excluding hydrogens is 484 g/mol. The highest BCUT2D eigenvalue weighted by molar-refractivity contribution is 5.67. The third-order valence-corrected chi connectivity index (χ3v) is 5.05. The Bertz CT molecular complexity index is 696. The summed E-state index contributed by atoms with van der Waals surface area (Å²) in [4.78, 5) is 50.5. The van der Waals surface area contributed by atoms with Crippen LogP contribution in [0.5, 0.6) is 0 Å². The Morgan fingerprint density at radius 2 is 1.11 bits per heavy atom. The number of aliphatic imine (C=N–C) groups is 2. The first-order chi connectivity index (χ1) is 17.9. The number of hydrogen-bond donors (Lipinski definition) is 2. The maximum Gasteiger partial charge on any atom is 0.407 e. The zero-order chi connectivity index (χ0) is 27.6. The van der Waals surface area contributed by atoms with Crippen molar-refractivity contribution in [2.24, 2.45) is 9.98 Å². The predicted octanol–water partition coefficient (Wildman–Crippen LogP) is 3.43. The van der Waals surface area contributed by atoms with Crippen molar-refractivity contribution in [3.8, 4) is 0 Å². The first-order valence-electron chi connectivity index (χ1n) is 13.0. The predicted molar refractivity (Wildman–Crippen MR) is 137 cm³/mol. The van der Waals surface area contributed by atoms with Crippen LogP contribution in [0.1, 0.15) is 72.1 Å². The van der Waals surface area contributed by atoms with Gasteiger partial charge < -0.3 is 29.6 Å². The second-order valence-corrected chi connectivity index (χ2v) is 8.73. The van der Waals surface area contributed by atoms with Gasteiger partial charge in [0.05, 0.1) is 38.5 Å². The minimum atomic E-state index is -0.487. The summed E-state index contributed by atoms with van der Waals surface area (Å²) in [6.45, 7) is 8.08. The third kappa shape index (κ3) is 24.7. The van der Waals surface area contributed by atoms with E-state index in [9.17, 15) is 19.2 Å². The Balaban J connectivity index is 3.71. The second-order valence-electron chi connectivity index (χ2n) is 8.73. The van der Waals surface area contributed by atoms with Crippen molar-refractivity contribution in [2.75, 3.05) is 46.0 Å². The second kappa shape index (κ2) is 24.9. The maximum absolute atomic E-state index is 11.8. The topological polar surface area (TPSA) is 154 Å². The van der Waals surface area contributed by atoms with E-state index in [1.165, 1.54) is 12.2 Å². The molecule has 2 N–H and O–H groups in total. The molecule has 0 aliphatic carbocycles. The quantitative estimate of drug-likeness (QED) is 0.116. The summed E-state index contributed by atoms with van der Waals surface area (Å²) in [7, 11) is 0. The van der Waals surface area contributed by atoms with Crippen LogP contribution < -0.4 is 10.6 Å². The van der Waals surface area contributed by atoms with E-state index < -0.39 is 18.3 Å². The highest BCUT2D eigenvalue weighted by atomic mass is 16.6. The number of alkyl carbamates (subject to hydrolysis) is 2. The lowest BCUT2D eigenvalue weighted by Gasteiger charge is -2.20. The molecule has 3 atom stereocenters. The number of ether oxygens (including phenoxy) is 4. The van der Waals surface area contributed by atoms with Gasteiger partial charge in [-0.1, -0.05) is 25.7 Å². The molecule has 0 rings (SSSR count). The van der Waals surface area contributed by atoms with Crippen LogP contribution in [0.3, 0.4) is 0 Å². The van der Waals surface area contributed by atoms with E-state index in [0.29, 0.717) is 32.8 Å². The highest BCUT2D eigenvalue weighted by Gasteiger charge is 2.13. The van der Waals surface area contributed by atoms with Crippen molar-refractivity contribution in [1.82, 2.24) is 10.6 Å². The first-order valence-corrected chi connectivity index (χ1v) is 13.0. The lowest BCUT2D eigenvalue weighted by molar-refractivity contribution is -0.0646. The van der Waals surface area contributed by atoms with Gasteiger partial charge in [-0.25, -0.2) is 29.2 Å². The first kappa shape index (κ1) is 34.2. The molecule has 212 valence electrons. The number of isocyanates is 2. The van der Waals surface area contributed by atoms with Gasteiger partial charge in [0.25, 0.3) is 0 Å². The van der Waals surface area contributed by atoms with E-state index in [2.05, 4.69) is 20.6 Å². The summed E-state index contributed by atoms with van der Waals surface area (Å²) in [5, 5.41) is 5.40. The van der Waals surface area contributed by atoms with E-state index in [4.69, 9.17) is 18.9 Å². The maximum atomic E-state index is 11.8. The number of rotatable bonds is 23. The van der Waals surface area contributed by atoms with Crippen LogP contribution in [0.25, 0.3) is 0 Å².